The Morgan fingerprint density at radius 1 is 0.971 bits per heavy atom. The molecule has 180 valence electrons. The quantitative estimate of drug-likeness (QED) is 0.391. The molecule has 1 aliphatic rings. The van der Waals surface area contributed by atoms with Gasteiger partial charge >= 0.3 is 6.09 Å². The molecule has 2 aromatic carbocycles. The van der Waals surface area contributed by atoms with E-state index in [1.54, 1.807) is 16.2 Å². The number of carbonyl (C=O) groups is 1. The third-order valence-electron chi connectivity index (χ3n) is 5.52. The average molecular weight is 481 g/mol. The van der Waals surface area contributed by atoms with Crippen LogP contribution in [-0.4, -0.2) is 34.7 Å². The van der Waals surface area contributed by atoms with Crippen LogP contribution in [0.1, 0.15) is 55.8 Å². The van der Waals surface area contributed by atoms with Crippen molar-refractivity contribution in [1.29, 1.82) is 0 Å². The minimum absolute atomic E-state index is 0.226. The molecule has 4 rings (SSSR count). The molecule has 2 heterocycles. The van der Waals surface area contributed by atoms with Crippen LogP contribution in [-0.2, 0) is 18.0 Å². The van der Waals surface area contributed by atoms with Crippen LogP contribution < -0.4 is 9.47 Å². The molecule has 0 atom stereocenters. The third kappa shape index (κ3) is 6.97. The van der Waals surface area contributed by atoms with Crippen molar-refractivity contribution in [3.05, 3.63) is 76.2 Å². The first-order chi connectivity index (χ1) is 16.4. The number of rotatable bonds is 7. The van der Waals surface area contributed by atoms with Gasteiger partial charge in [-0.3, -0.25) is 0 Å². The Hall–Kier alpha value is -3.06. The van der Waals surface area contributed by atoms with Gasteiger partial charge in [0.15, 0.2) is 0 Å². The molecule has 3 aromatic rings. The maximum absolute atomic E-state index is 12.3. The summed E-state index contributed by atoms with van der Waals surface area (Å²) in [5, 5.41) is 3.18. The molecule has 0 N–H and O–H groups in total. The number of nitrogens with zero attached hydrogens (tertiary/aromatic N) is 2. The molecular weight excluding hydrogens is 448 g/mol. The molecule has 6 nitrogen and oxygen atoms in total. The van der Waals surface area contributed by atoms with Gasteiger partial charge in [0, 0.05) is 24.4 Å². The fourth-order valence-corrected chi connectivity index (χ4v) is 4.72. The van der Waals surface area contributed by atoms with E-state index in [9.17, 15) is 4.79 Å². The first kappa shape index (κ1) is 24.1. The van der Waals surface area contributed by atoms with Crippen LogP contribution >= 0.6 is 11.3 Å². The SMILES string of the molecule is CC(C)(C)OC(=O)N1CCC(c2nc(COc3ccc(OCc4ccccc4)cc3)cs2)CC1. The molecule has 1 amide bonds. The van der Waals surface area contributed by atoms with Crippen LogP contribution in [0.4, 0.5) is 4.79 Å². The van der Waals surface area contributed by atoms with Gasteiger partial charge in [-0.05, 0) is 63.4 Å². The van der Waals surface area contributed by atoms with Gasteiger partial charge < -0.3 is 19.1 Å². The molecule has 1 fully saturated rings. The smallest absolute Gasteiger partial charge is 0.410 e. The zero-order valence-electron chi connectivity index (χ0n) is 20.0. The normalized spacial score (nSPS) is 14.6. The van der Waals surface area contributed by atoms with Crippen molar-refractivity contribution in [2.24, 2.45) is 0 Å². The molecule has 1 aliphatic heterocycles. The Labute approximate surface area is 205 Å². The molecular formula is C27H32N2O4S. The van der Waals surface area contributed by atoms with E-state index in [1.165, 1.54) is 0 Å². The minimum Gasteiger partial charge on any atom is -0.489 e. The minimum atomic E-state index is -0.465. The van der Waals surface area contributed by atoms with Crippen LogP contribution in [0.25, 0.3) is 0 Å². The molecule has 0 bridgehead atoms. The van der Waals surface area contributed by atoms with Crippen molar-refractivity contribution in [2.75, 3.05) is 13.1 Å². The second kappa shape index (κ2) is 10.9. The predicted octanol–water partition coefficient (Wildman–Crippen LogP) is 6.42. The topological polar surface area (TPSA) is 60.9 Å². The number of aromatic nitrogens is 1. The summed E-state index contributed by atoms with van der Waals surface area (Å²) in [6.07, 6.45) is 1.57. The van der Waals surface area contributed by atoms with Gasteiger partial charge in [0.25, 0.3) is 0 Å². The largest absolute Gasteiger partial charge is 0.489 e. The van der Waals surface area contributed by atoms with Gasteiger partial charge in [0.2, 0.25) is 0 Å². The van der Waals surface area contributed by atoms with Crippen LogP contribution in [0.15, 0.2) is 60.0 Å². The van der Waals surface area contributed by atoms with Crippen molar-refractivity contribution >= 4 is 17.4 Å². The summed E-state index contributed by atoms with van der Waals surface area (Å²) in [7, 11) is 0. The lowest BCUT2D eigenvalue weighted by atomic mass is 9.98. The highest BCUT2D eigenvalue weighted by Gasteiger charge is 2.28. The zero-order chi connectivity index (χ0) is 24.0. The number of amides is 1. The molecule has 7 heteroatoms. The van der Waals surface area contributed by atoms with Gasteiger partial charge in [-0.2, -0.15) is 0 Å². The van der Waals surface area contributed by atoms with Crippen LogP contribution in [0.3, 0.4) is 0 Å². The fourth-order valence-electron chi connectivity index (χ4n) is 3.74. The number of hydrogen-bond acceptors (Lipinski definition) is 6. The van der Waals surface area contributed by atoms with Gasteiger partial charge in [-0.15, -0.1) is 11.3 Å². The monoisotopic (exact) mass is 480 g/mol. The van der Waals surface area contributed by atoms with E-state index in [1.807, 2.05) is 75.4 Å². The standard InChI is InChI=1S/C27H32N2O4S/c1-27(2,3)33-26(30)29-15-13-21(14-16-29)25-28-22(19-34-25)18-32-24-11-9-23(10-12-24)31-17-20-7-5-4-6-8-20/h4-12,19,21H,13-18H2,1-3H3. The number of piperidine rings is 1. The maximum atomic E-state index is 12.3. The predicted molar refractivity (Wildman–Crippen MR) is 133 cm³/mol. The molecule has 1 aromatic heterocycles. The first-order valence-corrected chi connectivity index (χ1v) is 12.6. The van der Waals surface area contributed by atoms with Crippen molar-refractivity contribution in [3.63, 3.8) is 0 Å². The number of thiazole rings is 1. The van der Waals surface area contributed by atoms with Crippen LogP contribution in [0.5, 0.6) is 11.5 Å². The summed E-state index contributed by atoms with van der Waals surface area (Å²) < 4.78 is 17.2. The molecule has 0 radical (unpaired) electrons. The van der Waals surface area contributed by atoms with E-state index < -0.39 is 5.60 Å². The lowest BCUT2D eigenvalue weighted by molar-refractivity contribution is 0.0204. The maximum Gasteiger partial charge on any atom is 0.410 e. The van der Waals surface area contributed by atoms with E-state index in [-0.39, 0.29) is 6.09 Å². The lowest BCUT2D eigenvalue weighted by Crippen LogP contribution is -2.41. The molecule has 0 unspecified atom stereocenters. The highest BCUT2D eigenvalue weighted by molar-refractivity contribution is 7.09. The third-order valence-corrected chi connectivity index (χ3v) is 6.58. The van der Waals surface area contributed by atoms with Crippen molar-refractivity contribution in [1.82, 2.24) is 9.88 Å². The summed E-state index contributed by atoms with van der Waals surface area (Å²) in [5.74, 6) is 1.97. The van der Waals surface area contributed by atoms with Crippen LogP contribution in [0.2, 0.25) is 0 Å². The number of ether oxygens (including phenoxy) is 3. The van der Waals surface area contributed by atoms with Crippen molar-refractivity contribution in [2.45, 2.75) is 58.3 Å². The van der Waals surface area contributed by atoms with Gasteiger partial charge in [-0.25, -0.2) is 9.78 Å². The lowest BCUT2D eigenvalue weighted by Gasteiger charge is -2.32. The molecule has 1 saturated heterocycles. The highest BCUT2D eigenvalue weighted by atomic mass is 32.1. The first-order valence-electron chi connectivity index (χ1n) is 11.7. The fraction of sp³-hybridized carbons (Fsp3) is 0.407. The number of hydrogen-bond donors (Lipinski definition) is 0. The van der Waals surface area contributed by atoms with Gasteiger partial charge in [0.05, 0.1) is 10.7 Å². The van der Waals surface area contributed by atoms with E-state index in [4.69, 9.17) is 19.2 Å². The summed E-state index contributed by atoms with van der Waals surface area (Å²) in [6.45, 7) is 8.05. The number of carbonyl (C=O) groups excluding carboxylic acids is 1. The summed E-state index contributed by atoms with van der Waals surface area (Å²) in [4.78, 5) is 18.9. The Kier molecular flexibility index (Phi) is 7.73. The Morgan fingerprint density at radius 3 is 2.21 bits per heavy atom. The number of benzene rings is 2. The summed E-state index contributed by atoms with van der Waals surface area (Å²) in [5.41, 5.74) is 1.60. The van der Waals surface area contributed by atoms with E-state index >= 15 is 0 Å². The van der Waals surface area contributed by atoms with E-state index in [0.29, 0.717) is 32.2 Å². The molecule has 34 heavy (non-hydrogen) atoms. The Morgan fingerprint density at radius 2 is 1.59 bits per heavy atom. The van der Waals surface area contributed by atoms with Gasteiger partial charge in [-0.1, -0.05) is 30.3 Å². The molecule has 0 saturated carbocycles. The molecule has 0 aliphatic carbocycles. The van der Waals surface area contributed by atoms with E-state index in [2.05, 4.69) is 5.38 Å². The van der Waals surface area contributed by atoms with E-state index in [0.717, 1.165) is 40.6 Å². The van der Waals surface area contributed by atoms with Crippen LogP contribution in [0, 0.1) is 0 Å². The second-order valence-electron chi connectivity index (χ2n) is 9.45. The van der Waals surface area contributed by atoms with Crippen molar-refractivity contribution < 1.29 is 19.0 Å². The Balaban J connectivity index is 1.22. The molecule has 0 spiro atoms. The van der Waals surface area contributed by atoms with Gasteiger partial charge in [0.1, 0.15) is 30.3 Å². The summed E-state index contributed by atoms with van der Waals surface area (Å²) in [6, 6.07) is 17.8. The number of likely N-dealkylation sites (tertiary alicyclic amines) is 1. The second-order valence-corrected chi connectivity index (χ2v) is 10.3. The average Bonchev–Trinajstić information content (AvgIpc) is 3.31. The van der Waals surface area contributed by atoms with Crippen molar-refractivity contribution in [3.8, 4) is 11.5 Å². The Bertz CT molecular complexity index is 1050. The highest BCUT2D eigenvalue weighted by Crippen LogP contribution is 2.31. The zero-order valence-corrected chi connectivity index (χ0v) is 20.8. The summed E-state index contributed by atoms with van der Waals surface area (Å²) >= 11 is 1.67.